The van der Waals surface area contributed by atoms with Crippen LogP contribution in [-0.2, 0) is 38.9 Å². The van der Waals surface area contributed by atoms with Crippen LogP contribution in [0, 0.1) is 0 Å². The Morgan fingerprint density at radius 3 is 0.833 bits per heavy atom. The zero-order valence-corrected chi connectivity index (χ0v) is 24.2. The van der Waals surface area contributed by atoms with Crippen LogP contribution in [0.5, 0.6) is 0 Å². The first kappa shape index (κ1) is 30.2. The van der Waals surface area contributed by atoms with Crippen molar-refractivity contribution in [3.63, 3.8) is 0 Å². The van der Waals surface area contributed by atoms with Crippen LogP contribution in [0.4, 0.5) is 0 Å². The van der Waals surface area contributed by atoms with E-state index in [-0.39, 0.29) is 0 Å². The highest BCUT2D eigenvalue weighted by molar-refractivity contribution is 6.87. The minimum atomic E-state index is -3.70. The molecular weight excluding hydrogens is 461 g/mol. The van der Waals surface area contributed by atoms with Crippen molar-refractivity contribution in [3.05, 3.63) is 12.3 Å². The Hall–Kier alpha value is 0.248. The lowest BCUT2D eigenvalue weighted by molar-refractivity contribution is 0.0462. The van der Waals surface area contributed by atoms with Crippen molar-refractivity contribution < 1.29 is 38.9 Å². The summed E-state index contributed by atoms with van der Waals surface area (Å²) in [6.07, 6.45) is 0. The van der Waals surface area contributed by atoms with Crippen molar-refractivity contribution >= 4 is 35.2 Å². The number of hydrogen-bond acceptors (Lipinski definition) is 9. The van der Waals surface area contributed by atoms with E-state index < -0.39 is 35.2 Å². The number of hydrogen-bond donors (Lipinski definition) is 0. The monoisotopic (exact) mass is 502 g/mol. The average Bonchev–Trinajstić information content (AvgIpc) is 2.62. The fourth-order valence-electron chi connectivity index (χ4n) is 2.84. The van der Waals surface area contributed by atoms with E-state index in [2.05, 4.69) is 6.58 Å². The molecule has 9 nitrogen and oxygen atoms in total. The predicted molar refractivity (Wildman–Crippen MR) is 124 cm³/mol. The standard InChI is InChI=1S/C17H42O9Si4/c1-11-18-27(8,19-12-2)24-30(17-7,25-28(9,20-13-3)21-14-4)26-29(10,22-15-5)23-16-6/h17H,7,11-16H2,1-6,8-10H3. The van der Waals surface area contributed by atoms with Crippen molar-refractivity contribution in [2.45, 2.75) is 61.2 Å². The minimum absolute atomic E-state index is 0.418. The topological polar surface area (TPSA) is 83.1 Å². The van der Waals surface area contributed by atoms with Crippen LogP contribution in [-0.4, -0.2) is 74.9 Å². The van der Waals surface area contributed by atoms with E-state index >= 15 is 0 Å². The molecule has 30 heavy (non-hydrogen) atoms. The molecule has 0 aliphatic carbocycles. The molecule has 0 heterocycles. The molecular formula is C17H42O9Si4. The summed E-state index contributed by atoms with van der Waals surface area (Å²) < 4.78 is 54.7. The quantitative estimate of drug-likeness (QED) is 0.246. The Labute approximate surface area is 187 Å². The van der Waals surface area contributed by atoms with Crippen LogP contribution in [0.3, 0.4) is 0 Å². The second kappa shape index (κ2) is 14.4. The molecule has 0 fully saturated rings. The number of rotatable bonds is 19. The van der Waals surface area contributed by atoms with Crippen LogP contribution < -0.4 is 0 Å². The van der Waals surface area contributed by atoms with E-state index in [4.69, 9.17) is 38.9 Å². The van der Waals surface area contributed by atoms with Gasteiger partial charge >= 0.3 is 35.2 Å². The van der Waals surface area contributed by atoms with Gasteiger partial charge < -0.3 is 38.9 Å². The molecule has 0 radical (unpaired) electrons. The van der Waals surface area contributed by atoms with Gasteiger partial charge in [0.25, 0.3) is 0 Å². The summed E-state index contributed by atoms with van der Waals surface area (Å²) in [7, 11) is -13.1. The summed E-state index contributed by atoms with van der Waals surface area (Å²) in [6.45, 7) is 23.2. The Morgan fingerprint density at radius 1 is 0.500 bits per heavy atom. The molecule has 0 aliphatic rings. The van der Waals surface area contributed by atoms with Gasteiger partial charge in [-0.2, -0.15) is 0 Å². The van der Waals surface area contributed by atoms with Crippen LogP contribution >= 0.6 is 0 Å². The Morgan fingerprint density at radius 2 is 0.700 bits per heavy atom. The molecule has 0 saturated carbocycles. The summed E-state index contributed by atoms with van der Waals surface area (Å²) >= 11 is 0. The molecule has 0 spiro atoms. The van der Waals surface area contributed by atoms with Crippen molar-refractivity contribution in [1.82, 2.24) is 0 Å². The summed E-state index contributed by atoms with van der Waals surface area (Å²) in [5, 5.41) is 0. The normalized spacial score (nSPS) is 13.6. The Balaban J connectivity index is 6.25. The fraction of sp³-hybridized carbons (Fsp3) is 0.882. The largest absolute Gasteiger partial charge is 0.506 e. The summed E-state index contributed by atoms with van der Waals surface area (Å²) in [6, 6.07) is 0. The molecule has 13 heteroatoms. The SMILES string of the molecule is C=C[Si](O[Si](C)(OCC)OCC)(O[Si](C)(OCC)OCC)O[Si](C)(OCC)OCC. The van der Waals surface area contributed by atoms with Gasteiger partial charge in [0.1, 0.15) is 0 Å². The second-order valence-electron chi connectivity index (χ2n) is 6.30. The van der Waals surface area contributed by atoms with Crippen LogP contribution in [0.15, 0.2) is 12.3 Å². The second-order valence-corrected chi connectivity index (χ2v) is 17.3. The summed E-state index contributed by atoms with van der Waals surface area (Å²) in [5.74, 6) is 0. The van der Waals surface area contributed by atoms with Gasteiger partial charge in [-0.05, 0) is 47.2 Å². The van der Waals surface area contributed by atoms with Crippen molar-refractivity contribution in [2.24, 2.45) is 0 Å². The van der Waals surface area contributed by atoms with E-state index in [1.54, 1.807) is 25.3 Å². The van der Waals surface area contributed by atoms with Gasteiger partial charge in [0.15, 0.2) is 0 Å². The van der Waals surface area contributed by atoms with Crippen molar-refractivity contribution in [1.29, 1.82) is 0 Å². The van der Waals surface area contributed by atoms with Gasteiger partial charge in [0, 0.05) is 59.3 Å². The first-order valence-corrected chi connectivity index (χ1v) is 19.1. The maximum Gasteiger partial charge on any atom is 0.506 e. The van der Waals surface area contributed by atoms with Crippen molar-refractivity contribution in [3.8, 4) is 0 Å². The van der Waals surface area contributed by atoms with E-state index in [0.29, 0.717) is 39.6 Å². The zero-order valence-electron chi connectivity index (χ0n) is 20.2. The van der Waals surface area contributed by atoms with Crippen LogP contribution in [0.2, 0.25) is 19.6 Å². The maximum atomic E-state index is 6.45. The highest BCUT2D eigenvalue weighted by Gasteiger charge is 2.59. The van der Waals surface area contributed by atoms with Gasteiger partial charge in [0.05, 0.1) is 0 Å². The lowest BCUT2D eigenvalue weighted by Crippen LogP contribution is -2.66. The van der Waals surface area contributed by atoms with Gasteiger partial charge in [-0.25, -0.2) is 0 Å². The highest BCUT2D eigenvalue weighted by atomic mass is 28.5. The molecule has 0 aromatic heterocycles. The first-order valence-electron chi connectivity index (χ1n) is 10.6. The van der Waals surface area contributed by atoms with Gasteiger partial charge in [-0.1, -0.05) is 0 Å². The molecule has 180 valence electrons. The summed E-state index contributed by atoms with van der Waals surface area (Å²) in [4.78, 5) is 0. The smallest absolute Gasteiger partial charge is 0.374 e. The molecule has 0 bridgehead atoms. The molecule has 0 aliphatic heterocycles. The third-order valence-corrected chi connectivity index (χ3v) is 16.9. The predicted octanol–water partition coefficient (Wildman–Crippen LogP) is 3.63. The van der Waals surface area contributed by atoms with E-state index in [1.807, 2.05) is 41.5 Å². The van der Waals surface area contributed by atoms with E-state index in [0.717, 1.165) is 0 Å². The minimum Gasteiger partial charge on any atom is -0.374 e. The molecule has 0 unspecified atom stereocenters. The van der Waals surface area contributed by atoms with Crippen LogP contribution in [0.25, 0.3) is 0 Å². The summed E-state index contributed by atoms with van der Waals surface area (Å²) in [5.41, 5.74) is 1.54. The van der Waals surface area contributed by atoms with E-state index in [1.165, 1.54) is 0 Å². The molecule has 0 aromatic carbocycles. The van der Waals surface area contributed by atoms with Gasteiger partial charge in [-0.15, -0.1) is 6.58 Å². The Bertz CT molecular complexity index is 406. The molecule has 0 aromatic rings. The van der Waals surface area contributed by atoms with Gasteiger partial charge in [-0.3, -0.25) is 0 Å². The van der Waals surface area contributed by atoms with Crippen molar-refractivity contribution in [2.75, 3.05) is 39.6 Å². The van der Waals surface area contributed by atoms with Gasteiger partial charge in [0.2, 0.25) is 0 Å². The molecule has 0 atom stereocenters. The lowest BCUT2D eigenvalue weighted by atomic mass is 10.9. The molecule has 0 N–H and O–H groups in total. The third kappa shape index (κ3) is 10.2. The molecule has 0 rings (SSSR count). The Kier molecular flexibility index (Phi) is 14.5. The highest BCUT2D eigenvalue weighted by Crippen LogP contribution is 2.29. The first-order chi connectivity index (χ1) is 14.0. The average molecular weight is 503 g/mol. The molecule has 0 saturated heterocycles. The van der Waals surface area contributed by atoms with Crippen LogP contribution in [0.1, 0.15) is 41.5 Å². The zero-order chi connectivity index (χ0) is 23.3. The molecule has 0 amide bonds. The lowest BCUT2D eigenvalue weighted by Gasteiger charge is -2.41. The fourth-order valence-corrected chi connectivity index (χ4v) is 16.5. The van der Waals surface area contributed by atoms with E-state index in [9.17, 15) is 0 Å². The maximum absolute atomic E-state index is 6.45. The third-order valence-electron chi connectivity index (χ3n) is 3.67.